The van der Waals surface area contributed by atoms with Crippen LogP contribution in [0.5, 0.6) is 5.75 Å². The minimum Gasteiger partial charge on any atom is -0.616 e. The van der Waals surface area contributed by atoms with Gasteiger partial charge in [-0.2, -0.15) is 0 Å². The smallest absolute Gasteiger partial charge is 0.361 e. The Morgan fingerprint density at radius 1 is 1.52 bits per heavy atom. The number of nitrogens with one attached hydrogen (secondary N) is 1. The van der Waals surface area contributed by atoms with E-state index in [2.05, 4.69) is 21.2 Å². The number of ether oxygens (including phenoxy) is 1. The second-order valence-corrected chi connectivity index (χ2v) is 5.31. The number of aromatic nitrogens is 1. The molecule has 7 heteroatoms. The summed E-state index contributed by atoms with van der Waals surface area (Å²) >= 11 is 3.27. The van der Waals surface area contributed by atoms with Crippen molar-refractivity contribution >= 4 is 32.9 Å². The number of hydrogen-bond donors (Lipinski definition) is 1. The Balaban J connectivity index is 1.99. The number of benzene rings is 1. The maximum absolute atomic E-state index is 12.0. The molecule has 0 fully saturated rings. The second kappa shape index (κ2) is 7.31. The van der Waals surface area contributed by atoms with Gasteiger partial charge in [-0.25, -0.2) is 0 Å². The van der Waals surface area contributed by atoms with Gasteiger partial charge in [0.1, 0.15) is 5.75 Å². The molecule has 6 nitrogen and oxygen atoms in total. The van der Waals surface area contributed by atoms with Crippen LogP contribution in [0.1, 0.15) is 18.7 Å². The molecule has 1 aromatic heterocycles. The van der Waals surface area contributed by atoms with E-state index in [-0.39, 0.29) is 11.8 Å². The molecule has 0 aliphatic rings. The fourth-order valence-corrected chi connectivity index (χ4v) is 2.23. The first-order valence-electron chi connectivity index (χ1n) is 6.67. The quantitative estimate of drug-likeness (QED) is 0.467. The Labute approximate surface area is 130 Å². The minimum atomic E-state index is -0.0234. The van der Waals surface area contributed by atoms with Crippen LogP contribution in [0.4, 0.5) is 0 Å². The predicted octanol–water partition coefficient (Wildman–Crippen LogP) is 1.91. The van der Waals surface area contributed by atoms with Crippen molar-refractivity contribution in [2.45, 2.75) is 19.3 Å². The number of amides is 1. The van der Waals surface area contributed by atoms with Gasteiger partial charge in [-0.05, 0) is 12.5 Å². The highest BCUT2D eigenvalue weighted by molar-refractivity contribution is 9.09. The molecule has 0 saturated carbocycles. The highest BCUT2D eigenvalue weighted by Gasteiger charge is 2.18. The van der Waals surface area contributed by atoms with Crippen LogP contribution in [0.2, 0.25) is 0 Å². The summed E-state index contributed by atoms with van der Waals surface area (Å²) in [6, 6.07) is 5.03. The molecule has 0 unspecified atom stereocenters. The van der Waals surface area contributed by atoms with Crippen molar-refractivity contribution in [3.05, 3.63) is 29.3 Å². The molecule has 1 N–H and O–H groups in total. The third-order valence-corrected chi connectivity index (χ3v) is 3.60. The maximum Gasteiger partial charge on any atom is 0.361 e. The molecule has 0 atom stereocenters. The molecular weight excluding hydrogens is 340 g/mol. The first-order valence-corrected chi connectivity index (χ1v) is 7.79. The molecule has 0 bridgehead atoms. The largest absolute Gasteiger partial charge is 0.616 e. The van der Waals surface area contributed by atoms with E-state index in [1.165, 1.54) is 0 Å². The van der Waals surface area contributed by atoms with Gasteiger partial charge in [0, 0.05) is 30.4 Å². The van der Waals surface area contributed by atoms with Crippen LogP contribution in [-0.2, 0) is 11.2 Å². The van der Waals surface area contributed by atoms with Crippen LogP contribution in [0.15, 0.2) is 22.6 Å². The Morgan fingerprint density at radius 3 is 3.05 bits per heavy atom. The Bertz CT molecular complexity index is 627. The van der Waals surface area contributed by atoms with Crippen molar-refractivity contribution in [3.63, 3.8) is 0 Å². The lowest BCUT2D eigenvalue weighted by atomic mass is 10.3. The third-order valence-electron chi connectivity index (χ3n) is 3.04. The molecule has 2 aromatic rings. The zero-order valence-electron chi connectivity index (χ0n) is 11.7. The molecule has 0 saturated heterocycles. The van der Waals surface area contributed by atoms with Crippen molar-refractivity contribution in [2.75, 3.05) is 19.0 Å². The summed E-state index contributed by atoms with van der Waals surface area (Å²) in [7, 11) is 1.55. The van der Waals surface area contributed by atoms with E-state index >= 15 is 0 Å². The van der Waals surface area contributed by atoms with Gasteiger partial charge in [-0.3, -0.25) is 4.79 Å². The Morgan fingerprint density at radius 2 is 2.33 bits per heavy atom. The number of carbonyl (C=O) groups excluding carboxylic acids is 1. The van der Waals surface area contributed by atoms with Crippen LogP contribution in [-0.4, -0.2) is 24.9 Å². The molecule has 0 aliphatic carbocycles. The number of alkyl halides is 1. The number of methoxy groups -OCH3 is 1. The van der Waals surface area contributed by atoms with Crippen LogP contribution >= 0.6 is 15.9 Å². The van der Waals surface area contributed by atoms with Gasteiger partial charge >= 0.3 is 5.89 Å². The molecule has 0 aliphatic heterocycles. The molecule has 0 spiro atoms. The Kier molecular flexibility index (Phi) is 5.44. The lowest BCUT2D eigenvalue weighted by molar-refractivity contribution is -0.592. The zero-order valence-corrected chi connectivity index (χ0v) is 13.3. The summed E-state index contributed by atoms with van der Waals surface area (Å²) < 4.78 is 11.4. The van der Waals surface area contributed by atoms with Crippen LogP contribution in [0, 0.1) is 5.21 Å². The fourth-order valence-electron chi connectivity index (χ4n) is 1.95. The first-order chi connectivity index (χ1) is 10.2. The van der Waals surface area contributed by atoms with Gasteiger partial charge in [0.25, 0.3) is 5.52 Å². The average Bonchev–Trinajstić information content (AvgIpc) is 2.81. The van der Waals surface area contributed by atoms with E-state index in [0.29, 0.717) is 36.2 Å². The van der Waals surface area contributed by atoms with E-state index in [1.807, 2.05) is 0 Å². The topological polar surface area (TPSA) is 78.4 Å². The van der Waals surface area contributed by atoms with Gasteiger partial charge in [0.2, 0.25) is 11.5 Å². The van der Waals surface area contributed by atoms with Gasteiger partial charge in [-0.1, -0.05) is 15.9 Å². The number of hydrogen-bond acceptors (Lipinski definition) is 4. The van der Waals surface area contributed by atoms with Gasteiger partial charge in [-0.15, -0.1) is 4.73 Å². The second-order valence-electron chi connectivity index (χ2n) is 4.52. The summed E-state index contributed by atoms with van der Waals surface area (Å²) in [4.78, 5) is 11.5. The van der Waals surface area contributed by atoms with Gasteiger partial charge in [0.15, 0.2) is 0 Å². The molecule has 1 aromatic carbocycles. The normalized spacial score (nSPS) is 10.8. The standard InChI is InChI=1S/C14H17BrN2O4/c1-20-10-4-5-11-12(9-10)21-14(17(11)19)6-8-16-13(18)3-2-7-15/h4-5,9H,2-3,6-8H2,1H3,(H,16,18). The number of fused-ring (bicyclic) bond motifs is 1. The third kappa shape index (κ3) is 3.87. The van der Waals surface area contributed by atoms with Crippen molar-refractivity contribution in [1.29, 1.82) is 0 Å². The number of carbonyl (C=O) groups is 1. The molecule has 114 valence electrons. The number of rotatable bonds is 7. The van der Waals surface area contributed by atoms with Crippen LogP contribution in [0.3, 0.4) is 0 Å². The SMILES string of the molecule is COc1ccc2c(c1)oc(CCNC(=O)CCCBr)[n+]2[O-]. The van der Waals surface area contributed by atoms with E-state index in [0.717, 1.165) is 16.5 Å². The lowest BCUT2D eigenvalue weighted by Gasteiger charge is -2.02. The highest BCUT2D eigenvalue weighted by Crippen LogP contribution is 2.20. The summed E-state index contributed by atoms with van der Waals surface area (Å²) in [6.07, 6.45) is 1.61. The number of halogens is 1. The van der Waals surface area contributed by atoms with Crippen molar-refractivity contribution in [3.8, 4) is 5.75 Å². The molecule has 0 radical (unpaired) electrons. The van der Waals surface area contributed by atoms with E-state index in [1.54, 1.807) is 25.3 Å². The van der Waals surface area contributed by atoms with E-state index < -0.39 is 0 Å². The average molecular weight is 357 g/mol. The summed E-state index contributed by atoms with van der Waals surface area (Å²) in [6.45, 7) is 0.375. The molecular formula is C14H17BrN2O4. The van der Waals surface area contributed by atoms with Crippen LogP contribution < -0.4 is 14.8 Å². The maximum atomic E-state index is 12.0. The molecule has 1 heterocycles. The van der Waals surface area contributed by atoms with Crippen molar-refractivity contribution in [1.82, 2.24) is 5.32 Å². The van der Waals surface area contributed by atoms with Crippen molar-refractivity contribution < 1.29 is 18.7 Å². The molecule has 21 heavy (non-hydrogen) atoms. The zero-order chi connectivity index (χ0) is 15.2. The van der Waals surface area contributed by atoms with E-state index in [9.17, 15) is 10.0 Å². The monoisotopic (exact) mass is 356 g/mol. The van der Waals surface area contributed by atoms with Gasteiger partial charge in [0.05, 0.1) is 13.5 Å². The van der Waals surface area contributed by atoms with E-state index in [4.69, 9.17) is 9.15 Å². The molecule has 1 amide bonds. The Hall–Kier alpha value is -1.76. The summed E-state index contributed by atoms with van der Waals surface area (Å²) in [5.74, 6) is 0.884. The van der Waals surface area contributed by atoms with Gasteiger partial charge < -0.3 is 19.7 Å². The highest BCUT2D eigenvalue weighted by atomic mass is 79.9. The summed E-state index contributed by atoms with van der Waals surface area (Å²) in [5.41, 5.74) is 0.932. The number of nitrogens with zero attached hydrogens (tertiary/aromatic N) is 1. The molecule has 2 rings (SSSR count). The summed E-state index contributed by atoms with van der Waals surface area (Å²) in [5, 5.41) is 15.6. The number of oxazole rings is 1. The first kappa shape index (κ1) is 15.6. The lowest BCUT2D eigenvalue weighted by Crippen LogP contribution is -2.33. The van der Waals surface area contributed by atoms with Crippen molar-refractivity contribution in [2.24, 2.45) is 0 Å². The van der Waals surface area contributed by atoms with Crippen LogP contribution in [0.25, 0.3) is 11.1 Å². The minimum absolute atomic E-state index is 0.0234. The predicted molar refractivity (Wildman–Crippen MR) is 81.5 cm³/mol. The fraction of sp³-hybridized carbons (Fsp3) is 0.429.